The van der Waals surface area contributed by atoms with E-state index in [1.54, 1.807) is 14.2 Å². The highest BCUT2D eigenvalue weighted by Crippen LogP contribution is 2.37. The van der Waals surface area contributed by atoms with E-state index < -0.39 is 0 Å². The first-order valence-electron chi connectivity index (χ1n) is 9.10. The normalized spacial score (nSPS) is 18.5. The highest BCUT2D eigenvalue weighted by Gasteiger charge is 2.26. The fraction of sp³-hybridized carbons (Fsp3) is 0.381. The number of Topliss-reactive ketones (excluding diaryl/α,β-unsaturated/α-hetero) is 1. The van der Waals surface area contributed by atoms with Crippen molar-refractivity contribution in [1.82, 2.24) is 0 Å². The first kappa shape index (κ1) is 17.7. The van der Waals surface area contributed by atoms with E-state index in [2.05, 4.69) is 7.05 Å². The molecule has 0 spiro atoms. The van der Waals surface area contributed by atoms with Crippen LogP contribution in [0, 0.1) is 0 Å². The zero-order valence-corrected chi connectivity index (χ0v) is 15.9. The van der Waals surface area contributed by atoms with Crippen molar-refractivity contribution < 1.29 is 28.6 Å². The van der Waals surface area contributed by atoms with Crippen LogP contribution in [0.1, 0.15) is 27.0 Å². The maximum Gasteiger partial charge on any atom is 0.231 e. The lowest BCUT2D eigenvalue weighted by molar-refractivity contribution is -0.893. The molecule has 2 aliphatic heterocycles. The molecular formula is C21H24NO5+. The van der Waals surface area contributed by atoms with Gasteiger partial charge < -0.3 is 23.8 Å². The minimum Gasteiger partial charge on any atom is -0.493 e. The maximum atomic E-state index is 13.1. The molecule has 1 atom stereocenters. The summed E-state index contributed by atoms with van der Waals surface area (Å²) >= 11 is 0. The second-order valence-electron chi connectivity index (χ2n) is 7.04. The molecule has 2 aromatic rings. The van der Waals surface area contributed by atoms with E-state index in [-0.39, 0.29) is 12.6 Å². The Morgan fingerprint density at radius 1 is 1.04 bits per heavy atom. The molecule has 0 bridgehead atoms. The van der Waals surface area contributed by atoms with E-state index in [0.29, 0.717) is 23.7 Å². The van der Waals surface area contributed by atoms with Crippen molar-refractivity contribution in [2.45, 2.75) is 19.4 Å². The van der Waals surface area contributed by atoms with Gasteiger partial charge in [-0.05, 0) is 29.3 Å². The zero-order valence-electron chi connectivity index (χ0n) is 15.9. The van der Waals surface area contributed by atoms with Gasteiger partial charge in [0.15, 0.2) is 28.8 Å². The lowest BCUT2D eigenvalue weighted by Gasteiger charge is -2.22. The molecule has 1 N–H and O–H groups in total. The molecule has 27 heavy (non-hydrogen) atoms. The molecule has 4 rings (SSSR count). The molecule has 0 radical (unpaired) electrons. The number of benzene rings is 2. The van der Waals surface area contributed by atoms with Gasteiger partial charge in [0.05, 0.1) is 33.4 Å². The zero-order chi connectivity index (χ0) is 19.0. The summed E-state index contributed by atoms with van der Waals surface area (Å²) in [5.74, 6) is 2.86. The van der Waals surface area contributed by atoms with Crippen molar-refractivity contribution in [3.63, 3.8) is 0 Å². The summed E-state index contributed by atoms with van der Waals surface area (Å²) < 4.78 is 22.1. The third kappa shape index (κ3) is 3.21. The number of fused-ring (bicyclic) bond motifs is 3. The van der Waals surface area contributed by atoms with E-state index in [9.17, 15) is 4.79 Å². The topological polar surface area (TPSA) is 58.4 Å². The van der Waals surface area contributed by atoms with Crippen molar-refractivity contribution in [2.75, 3.05) is 34.6 Å². The number of rotatable bonds is 2. The maximum absolute atomic E-state index is 13.1. The highest BCUT2D eigenvalue weighted by atomic mass is 16.7. The van der Waals surface area contributed by atoms with Crippen molar-refractivity contribution in [3.8, 4) is 23.0 Å². The predicted octanol–water partition coefficient (Wildman–Crippen LogP) is 1.43. The Morgan fingerprint density at radius 2 is 1.81 bits per heavy atom. The third-order valence-corrected chi connectivity index (χ3v) is 5.29. The van der Waals surface area contributed by atoms with Crippen LogP contribution in [0.2, 0.25) is 0 Å². The van der Waals surface area contributed by atoms with Gasteiger partial charge in [-0.1, -0.05) is 6.07 Å². The van der Waals surface area contributed by atoms with Crippen LogP contribution < -0.4 is 23.8 Å². The first-order valence-corrected chi connectivity index (χ1v) is 9.10. The first-order chi connectivity index (χ1) is 13.1. The van der Waals surface area contributed by atoms with Gasteiger partial charge in [-0.2, -0.15) is 0 Å². The molecule has 0 aromatic heterocycles. The van der Waals surface area contributed by atoms with Crippen molar-refractivity contribution in [2.24, 2.45) is 0 Å². The van der Waals surface area contributed by atoms with Gasteiger partial charge in [0.25, 0.3) is 0 Å². The molecule has 2 aromatic carbocycles. The molecule has 0 fully saturated rings. The van der Waals surface area contributed by atoms with Gasteiger partial charge in [-0.25, -0.2) is 0 Å². The van der Waals surface area contributed by atoms with E-state index in [0.717, 1.165) is 47.5 Å². The van der Waals surface area contributed by atoms with E-state index in [1.165, 1.54) is 4.90 Å². The number of carbonyl (C=O) groups excluding carboxylic acids is 1. The summed E-state index contributed by atoms with van der Waals surface area (Å²) in [5, 5.41) is 0. The Morgan fingerprint density at radius 3 is 2.56 bits per heavy atom. The number of likely N-dealkylation sites (N-methyl/N-ethyl adjacent to an activating group) is 1. The highest BCUT2D eigenvalue weighted by molar-refractivity contribution is 6.00. The van der Waals surface area contributed by atoms with Crippen LogP contribution in [0.5, 0.6) is 23.0 Å². The van der Waals surface area contributed by atoms with E-state index >= 15 is 0 Å². The molecule has 0 saturated heterocycles. The number of methoxy groups -OCH3 is 2. The fourth-order valence-corrected chi connectivity index (χ4v) is 3.85. The molecule has 0 amide bonds. The summed E-state index contributed by atoms with van der Waals surface area (Å²) in [5.41, 5.74) is 3.75. The fourth-order valence-electron chi connectivity index (χ4n) is 3.85. The lowest BCUT2D eigenvalue weighted by Crippen LogP contribution is -3.07. The molecular weight excluding hydrogens is 346 g/mol. The van der Waals surface area contributed by atoms with Gasteiger partial charge in [0.1, 0.15) is 6.54 Å². The summed E-state index contributed by atoms with van der Waals surface area (Å²) in [7, 11) is 5.42. The third-order valence-electron chi connectivity index (χ3n) is 5.29. The quantitative estimate of drug-likeness (QED) is 0.867. The van der Waals surface area contributed by atoms with Crippen molar-refractivity contribution >= 4 is 5.78 Å². The van der Waals surface area contributed by atoms with Crippen molar-refractivity contribution in [3.05, 3.63) is 46.5 Å². The molecule has 6 heteroatoms. The van der Waals surface area contributed by atoms with E-state index in [4.69, 9.17) is 18.9 Å². The predicted molar refractivity (Wildman–Crippen MR) is 99.3 cm³/mol. The van der Waals surface area contributed by atoms with Crippen LogP contribution in [0.25, 0.3) is 0 Å². The van der Waals surface area contributed by atoms with Crippen LogP contribution in [0.15, 0.2) is 24.3 Å². The standard InChI is InChI=1S/C21H23NO5/c1-22-7-6-14-9-19-20(27-12-26-19)10-15(14)17(23)8-13-4-5-18(24-2)21(25-3)16(13)11-22/h4-5,9-10H,6-8,11-12H2,1-3H3/p+1. The number of carbonyl (C=O) groups is 1. The molecule has 6 nitrogen and oxygen atoms in total. The Hall–Kier alpha value is -2.73. The van der Waals surface area contributed by atoms with Crippen LogP contribution in [-0.4, -0.2) is 40.4 Å². The lowest BCUT2D eigenvalue weighted by atomic mass is 9.92. The Bertz CT molecular complexity index is 893. The number of hydrogen-bond donors (Lipinski definition) is 1. The van der Waals surface area contributed by atoms with Gasteiger partial charge in [0.2, 0.25) is 6.79 Å². The molecule has 142 valence electrons. The Kier molecular flexibility index (Phi) is 4.66. The molecule has 2 aliphatic rings. The molecule has 0 aliphatic carbocycles. The second kappa shape index (κ2) is 7.12. The number of hydrogen-bond acceptors (Lipinski definition) is 5. The van der Waals surface area contributed by atoms with Gasteiger partial charge in [-0.15, -0.1) is 0 Å². The summed E-state index contributed by atoms with van der Waals surface area (Å²) in [6, 6.07) is 7.63. The summed E-state index contributed by atoms with van der Waals surface area (Å²) in [4.78, 5) is 14.5. The summed E-state index contributed by atoms with van der Waals surface area (Å²) in [6.45, 7) is 1.86. The smallest absolute Gasteiger partial charge is 0.231 e. The van der Waals surface area contributed by atoms with Gasteiger partial charge in [-0.3, -0.25) is 4.79 Å². The SMILES string of the molecule is COc1ccc2c(c1OC)C[NH+](C)CCc1cc3c(cc1C(=O)C2)OCO3. The monoisotopic (exact) mass is 370 g/mol. The Balaban J connectivity index is 1.80. The summed E-state index contributed by atoms with van der Waals surface area (Å²) in [6.07, 6.45) is 1.11. The van der Waals surface area contributed by atoms with Crippen LogP contribution in [-0.2, 0) is 19.4 Å². The number of nitrogens with one attached hydrogen (secondary N) is 1. The van der Waals surface area contributed by atoms with Crippen LogP contribution >= 0.6 is 0 Å². The van der Waals surface area contributed by atoms with Crippen LogP contribution in [0.4, 0.5) is 0 Å². The minimum atomic E-state index is 0.0799. The average molecular weight is 370 g/mol. The van der Waals surface area contributed by atoms with Gasteiger partial charge in [0, 0.05) is 18.4 Å². The van der Waals surface area contributed by atoms with Crippen LogP contribution in [0.3, 0.4) is 0 Å². The number of ketones is 1. The number of ether oxygens (including phenoxy) is 4. The Labute approximate surface area is 158 Å². The van der Waals surface area contributed by atoms with E-state index in [1.807, 2.05) is 24.3 Å². The molecule has 2 heterocycles. The average Bonchev–Trinajstić information content (AvgIpc) is 3.13. The minimum absolute atomic E-state index is 0.0799. The van der Waals surface area contributed by atoms with Crippen molar-refractivity contribution in [1.29, 1.82) is 0 Å². The van der Waals surface area contributed by atoms with Gasteiger partial charge >= 0.3 is 0 Å². The largest absolute Gasteiger partial charge is 0.493 e. The number of quaternary nitrogens is 1. The molecule has 0 saturated carbocycles. The molecule has 1 unspecified atom stereocenters. The second-order valence-corrected chi connectivity index (χ2v) is 7.04.